The molecule has 1 N–H and O–H groups in total. The molecule has 3 nitrogen and oxygen atoms in total. The smallest absolute Gasteiger partial charge is 0.416 e. The van der Waals surface area contributed by atoms with Gasteiger partial charge in [0, 0.05) is 5.69 Å². The van der Waals surface area contributed by atoms with Gasteiger partial charge in [-0.2, -0.15) is 26.3 Å². The molecule has 0 saturated carbocycles. The quantitative estimate of drug-likeness (QED) is 0.596. The molecule has 2 aromatic rings. The van der Waals surface area contributed by atoms with Crippen LogP contribution in [0.3, 0.4) is 0 Å². The Morgan fingerprint density at radius 2 is 1.55 bits per heavy atom. The van der Waals surface area contributed by atoms with Crippen LogP contribution in [0.1, 0.15) is 30.5 Å². The summed E-state index contributed by atoms with van der Waals surface area (Å²) in [7, 11) is 0. The highest BCUT2D eigenvalue weighted by atomic mass is 19.4. The van der Waals surface area contributed by atoms with Crippen LogP contribution in [0.15, 0.2) is 47.5 Å². The highest BCUT2D eigenvalue weighted by Crippen LogP contribution is 2.38. The third kappa shape index (κ3) is 4.83. The molecule has 1 aliphatic heterocycles. The topological polar surface area (TPSA) is 33.6 Å². The Balaban J connectivity index is 2.00. The summed E-state index contributed by atoms with van der Waals surface area (Å²) < 4.78 is 84.1. The lowest BCUT2D eigenvalue weighted by molar-refractivity contribution is -0.143. The third-order valence-electron chi connectivity index (χ3n) is 4.47. The molecule has 0 bridgehead atoms. The molecule has 1 atom stereocenters. The largest absolute Gasteiger partial charge is 0.475 e. The number of halogens is 6. The zero-order valence-corrected chi connectivity index (χ0v) is 15.5. The Labute approximate surface area is 163 Å². The lowest BCUT2D eigenvalue weighted by atomic mass is 10.1. The number of rotatable bonds is 4. The van der Waals surface area contributed by atoms with Crippen molar-refractivity contribution >= 4 is 17.3 Å². The maximum absolute atomic E-state index is 13.1. The van der Waals surface area contributed by atoms with Gasteiger partial charge in [-0.15, -0.1) is 0 Å². The standard InChI is InChI=1S/C20H18F6N2O/c1-11(2)17-10-29-18(28-17)15-5-3-4-6-16(15)27-14-8-12(19(21,22)23)7-13(9-14)20(24,25)26/h3-9,11,17,27H,10H2,1-2H3/t17-/m1/s1. The van der Waals surface area contributed by atoms with Crippen molar-refractivity contribution in [2.24, 2.45) is 10.9 Å². The van der Waals surface area contributed by atoms with E-state index in [2.05, 4.69) is 10.3 Å². The molecule has 0 saturated heterocycles. The molecular formula is C20H18F6N2O. The molecule has 9 heteroatoms. The van der Waals surface area contributed by atoms with Gasteiger partial charge in [0.1, 0.15) is 6.61 Å². The van der Waals surface area contributed by atoms with Gasteiger partial charge >= 0.3 is 12.4 Å². The summed E-state index contributed by atoms with van der Waals surface area (Å²) in [6, 6.07) is 7.78. The highest BCUT2D eigenvalue weighted by Gasteiger charge is 2.37. The summed E-state index contributed by atoms with van der Waals surface area (Å²) in [4.78, 5) is 4.47. The van der Waals surface area contributed by atoms with E-state index in [9.17, 15) is 26.3 Å². The van der Waals surface area contributed by atoms with Crippen molar-refractivity contribution in [1.82, 2.24) is 0 Å². The highest BCUT2D eigenvalue weighted by molar-refractivity contribution is 6.01. The summed E-state index contributed by atoms with van der Waals surface area (Å²) in [5.41, 5.74) is -2.35. The first-order valence-corrected chi connectivity index (χ1v) is 8.81. The molecule has 1 aliphatic rings. The fraction of sp³-hybridized carbons (Fsp3) is 0.350. The lowest BCUT2D eigenvalue weighted by Gasteiger charge is -2.16. The molecule has 2 aromatic carbocycles. The van der Waals surface area contributed by atoms with Gasteiger partial charge in [0.25, 0.3) is 0 Å². The van der Waals surface area contributed by atoms with E-state index in [1.165, 1.54) is 6.07 Å². The molecule has 0 fully saturated rings. The van der Waals surface area contributed by atoms with Crippen LogP contribution in [-0.2, 0) is 17.1 Å². The number of ether oxygens (including phenoxy) is 1. The van der Waals surface area contributed by atoms with Gasteiger partial charge in [0.15, 0.2) is 0 Å². The first kappa shape index (κ1) is 21.0. The summed E-state index contributed by atoms with van der Waals surface area (Å²) in [6.45, 7) is 4.32. The number of hydrogen-bond donors (Lipinski definition) is 1. The minimum atomic E-state index is -4.92. The molecule has 0 unspecified atom stereocenters. The first-order chi connectivity index (χ1) is 13.4. The predicted molar refractivity (Wildman–Crippen MR) is 97.3 cm³/mol. The van der Waals surface area contributed by atoms with Crippen molar-refractivity contribution in [1.29, 1.82) is 0 Å². The number of nitrogens with zero attached hydrogens (tertiary/aromatic N) is 1. The Bertz CT molecular complexity index is 886. The molecule has 0 aromatic heterocycles. The summed E-state index contributed by atoms with van der Waals surface area (Å²) in [5.74, 6) is 0.528. The zero-order chi connectivity index (χ0) is 21.4. The van der Waals surface area contributed by atoms with Crippen molar-refractivity contribution in [2.75, 3.05) is 11.9 Å². The van der Waals surface area contributed by atoms with Gasteiger partial charge in [-0.25, -0.2) is 4.99 Å². The Kier molecular flexibility index (Phi) is 5.51. The van der Waals surface area contributed by atoms with Crippen LogP contribution in [0.25, 0.3) is 0 Å². The summed E-state index contributed by atoms with van der Waals surface area (Å²) in [5, 5.41) is 2.66. The minimum Gasteiger partial charge on any atom is -0.475 e. The number of hydrogen-bond acceptors (Lipinski definition) is 3. The molecule has 3 rings (SSSR count). The number of alkyl halides is 6. The molecule has 0 amide bonds. The molecule has 156 valence electrons. The van der Waals surface area contributed by atoms with Crippen LogP contribution >= 0.6 is 0 Å². The van der Waals surface area contributed by atoms with Gasteiger partial charge in [-0.3, -0.25) is 0 Å². The first-order valence-electron chi connectivity index (χ1n) is 8.81. The van der Waals surface area contributed by atoms with E-state index < -0.39 is 23.5 Å². The van der Waals surface area contributed by atoms with E-state index in [4.69, 9.17) is 4.74 Å². The van der Waals surface area contributed by atoms with Crippen LogP contribution in [0.5, 0.6) is 0 Å². The van der Waals surface area contributed by atoms with Gasteiger partial charge in [-0.1, -0.05) is 26.0 Å². The van der Waals surface area contributed by atoms with Gasteiger partial charge in [-0.05, 0) is 36.2 Å². The fourth-order valence-corrected chi connectivity index (χ4v) is 2.84. The van der Waals surface area contributed by atoms with Gasteiger partial charge in [0.2, 0.25) is 5.90 Å². The van der Waals surface area contributed by atoms with Crippen molar-refractivity contribution in [3.63, 3.8) is 0 Å². The molecule has 0 spiro atoms. The number of benzene rings is 2. The Hall–Kier alpha value is -2.71. The number of nitrogens with one attached hydrogen (secondary N) is 1. The number of anilines is 2. The predicted octanol–water partition coefficient (Wildman–Crippen LogP) is 6.27. The maximum atomic E-state index is 13.1. The Morgan fingerprint density at radius 1 is 0.966 bits per heavy atom. The second-order valence-corrected chi connectivity index (χ2v) is 7.02. The molecule has 0 aliphatic carbocycles. The van der Waals surface area contributed by atoms with Crippen LogP contribution in [-0.4, -0.2) is 18.5 Å². The number of aliphatic imine (C=N–C) groups is 1. The molecule has 1 heterocycles. The van der Waals surface area contributed by atoms with E-state index in [-0.39, 0.29) is 23.7 Å². The van der Waals surface area contributed by atoms with Gasteiger partial charge in [0.05, 0.1) is 28.4 Å². The molecule has 29 heavy (non-hydrogen) atoms. The second-order valence-electron chi connectivity index (χ2n) is 7.02. The monoisotopic (exact) mass is 416 g/mol. The summed E-state index contributed by atoms with van der Waals surface area (Å²) >= 11 is 0. The molecule has 0 radical (unpaired) electrons. The van der Waals surface area contributed by atoms with Crippen LogP contribution < -0.4 is 5.32 Å². The minimum absolute atomic E-state index is 0.0663. The normalized spacial score (nSPS) is 17.3. The summed E-state index contributed by atoms with van der Waals surface area (Å²) in [6.07, 6.45) is -9.83. The average Bonchev–Trinajstić information content (AvgIpc) is 3.11. The van der Waals surface area contributed by atoms with E-state index in [1.54, 1.807) is 18.2 Å². The third-order valence-corrected chi connectivity index (χ3v) is 4.47. The van der Waals surface area contributed by atoms with Crippen molar-refractivity contribution in [2.45, 2.75) is 32.2 Å². The average molecular weight is 416 g/mol. The Morgan fingerprint density at radius 3 is 2.07 bits per heavy atom. The van der Waals surface area contributed by atoms with Crippen LogP contribution in [0, 0.1) is 5.92 Å². The zero-order valence-electron chi connectivity index (χ0n) is 15.5. The van der Waals surface area contributed by atoms with Crippen molar-refractivity contribution < 1.29 is 31.1 Å². The second kappa shape index (κ2) is 7.61. The van der Waals surface area contributed by atoms with Crippen LogP contribution in [0.2, 0.25) is 0 Å². The molecular weight excluding hydrogens is 398 g/mol. The van der Waals surface area contributed by atoms with E-state index >= 15 is 0 Å². The van der Waals surface area contributed by atoms with Crippen molar-refractivity contribution in [3.05, 3.63) is 59.2 Å². The van der Waals surface area contributed by atoms with Crippen LogP contribution in [0.4, 0.5) is 37.7 Å². The number of para-hydroxylation sites is 1. The van der Waals surface area contributed by atoms with E-state index in [1.807, 2.05) is 13.8 Å². The van der Waals surface area contributed by atoms with E-state index in [0.29, 0.717) is 35.9 Å². The lowest BCUT2D eigenvalue weighted by Crippen LogP contribution is -2.13. The van der Waals surface area contributed by atoms with Crippen molar-refractivity contribution in [3.8, 4) is 0 Å². The van der Waals surface area contributed by atoms with E-state index in [0.717, 1.165) is 0 Å². The fourth-order valence-electron chi connectivity index (χ4n) is 2.84. The van der Waals surface area contributed by atoms with Gasteiger partial charge < -0.3 is 10.1 Å². The maximum Gasteiger partial charge on any atom is 0.416 e. The SMILES string of the molecule is CC(C)[C@H]1COC(c2ccccc2Nc2cc(C(F)(F)F)cc(C(F)(F)F)c2)=N1.